The minimum atomic E-state index is -0.0538. The number of hydrogen-bond acceptors (Lipinski definition) is 2. The zero-order valence-electron chi connectivity index (χ0n) is 14.3. The fourth-order valence-corrected chi connectivity index (χ4v) is 3.71. The van der Waals surface area contributed by atoms with Gasteiger partial charge in [-0.3, -0.25) is 4.79 Å². The molecule has 1 aliphatic carbocycles. The molecule has 4 rings (SSSR count). The predicted octanol–water partition coefficient (Wildman–Crippen LogP) is 3.51. The third kappa shape index (κ3) is 3.15. The average molecular weight is 356 g/mol. The summed E-state index contributed by atoms with van der Waals surface area (Å²) in [6.45, 7) is 2.06. The van der Waals surface area contributed by atoms with Gasteiger partial charge in [-0.15, -0.1) is 12.4 Å². The topological polar surface area (TPSA) is 56.9 Å². The number of aryl methyl sites for hydroxylation is 1. The highest BCUT2D eigenvalue weighted by molar-refractivity contribution is 5.98. The van der Waals surface area contributed by atoms with Crippen LogP contribution in [0.25, 0.3) is 10.9 Å². The second-order valence-electron chi connectivity index (χ2n) is 6.52. The molecule has 130 valence electrons. The molecule has 1 amide bonds. The largest absolute Gasteiger partial charge is 0.351 e. The summed E-state index contributed by atoms with van der Waals surface area (Å²) < 4.78 is 0. The second-order valence-corrected chi connectivity index (χ2v) is 6.52. The van der Waals surface area contributed by atoms with Gasteiger partial charge >= 0.3 is 0 Å². The van der Waals surface area contributed by atoms with Crippen LogP contribution in [0.15, 0.2) is 48.5 Å². The van der Waals surface area contributed by atoms with Crippen LogP contribution >= 0.6 is 12.4 Å². The van der Waals surface area contributed by atoms with Gasteiger partial charge < -0.3 is 15.6 Å². The van der Waals surface area contributed by atoms with E-state index in [1.165, 1.54) is 16.7 Å². The molecular weight excluding hydrogens is 334 g/mol. The summed E-state index contributed by atoms with van der Waals surface area (Å²) in [5, 5.41) is 7.59. The fraction of sp³-hybridized carbons (Fsp3) is 0.250. The monoisotopic (exact) mass is 355 g/mol. The lowest BCUT2D eigenvalue weighted by Crippen LogP contribution is -2.41. The van der Waals surface area contributed by atoms with E-state index >= 15 is 0 Å². The third-order valence-corrected chi connectivity index (χ3v) is 4.88. The summed E-state index contributed by atoms with van der Waals surface area (Å²) in [6.07, 6.45) is 0.854. The quantitative estimate of drug-likeness (QED) is 0.673. The number of likely N-dealkylation sites (N-methyl/N-ethyl adjacent to an activating group) is 1. The molecule has 0 spiro atoms. The van der Waals surface area contributed by atoms with Gasteiger partial charge in [0, 0.05) is 10.9 Å². The van der Waals surface area contributed by atoms with Gasteiger partial charge in [0.15, 0.2) is 0 Å². The lowest BCUT2D eigenvalue weighted by molar-refractivity contribution is 0.0926. The average Bonchev–Trinajstić information content (AvgIpc) is 3.14. The fourth-order valence-electron chi connectivity index (χ4n) is 3.71. The number of carbonyl (C=O) groups excluding carboxylic acids is 1. The van der Waals surface area contributed by atoms with Crippen LogP contribution in [0.3, 0.4) is 0 Å². The summed E-state index contributed by atoms with van der Waals surface area (Å²) >= 11 is 0. The molecule has 1 heterocycles. The molecule has 0 radical (unpaired) electrons. The van der Waals surface area contributed by atoms with Crippen molar-refractivity contribution in [3.8, 4) is 0 Å². The number of aromatic amines is 1. The Balaban J connectivity index is 0.00000182. The smallest absolute Gasteiger partial charge is 0.268 e. The van der Waals surface area contributed by atoms with Gasteiger partial charge in [0.2, 0.25) is 0 Å². The Morgan fingerprint density at radius 1 is 1.16 bits per heavy atom. The third-order valence-electron chi connectivity index (χ3n) is 4.88. The van der Waals surface area contributed by atoms with Crippen molar-refractivity contribution in [2.24, 2.45) is 0 Å². The first-order chi connectivity index (χ1) is 11.7. The van der Waals surface area contributed by atoms with Gasteiger partial charge in [0.25, 0.3) is 5.91 Å². The molecule has 5 heteroatoms. The summed E-state index contributed by atoms with van der Waals surface area (Å²) in [7, 11) is 1.94. The van der Waals surface area contributed by atoms with Crippen LogP contribution in [0.4, 0.5) is 0 Å². The zero-order valence-corrected chi connectivity index (χ0v) is 15.1. The number of benzene rings is 2. The minimum Gasteiger partial charge on any atom is -0.351 e. The van der Waals surface area contributed by atoms with E-state index in [0.717, 1.165) is 17.3 Å². The molecule has 0 bridgehead atoms. The van der Waals surface area contributed by atoms with E-state index in [-0.39, 0.29) is 30.4 Å². The van der Waals surface area contributed by atoms with E-state index in [0.29, 0.717) is 5.69 Å². The highest BCUT2D eigenvalue weighted by Gasteiger charge is 2.32. The van der Waals surface area contributed by atoms with Crippen molar-refractivity contribution in [3.05, 3.63) is 70.9 Å². The molecule has 4 nitrogen and oxygen atoms in total. The highest BCUT2D eigenvalue weighted by Crippen LogP contribution is 2.31. The first-order valence-corrected chi connectivity index (χ1v) is 8.31. The second kappa shape index (κ2) is 6.90. The van der Waals surface area contributed by atoms with Gasteiger partial charge in [0.05, 0.1) is 12.1 Å². The van der Waals surface area contributed by atoms with E-state index in [4.69, 9.17) is 0 Å². The number of aromatic nitrogens is 1. The van der Waals surface area contributed by atoms with E-state index in [2.05, 4.69) is 46.8 Å². The van der Waals surface area contributed by atoms with Gasteiger partial charge in [-0.2, -0.15) is 0 Å². The van der Waals surface area contributed by atoms with E-state index in [1.807, 2.05) is 31.3 Å². The van der Waals surface area contributed by atoms with Crippen LogP contribution in [0, 0.1) is 6.92 Å². The zero-order chi connectivity index (χ0) is 16.7. The summed E-state index contributed by atoms with van der Waals surface area (Å²) in [5.41, 5.74) is 5.37. The van der Waals surface area contributed by atoms with Crippen molar-refractivity contribution in [1.29, 1.82) is 0 Å². The van der Waals surface area contributed by atoms with Crippen LogP contribution in [0.2, 0.25) is 0 Å². The first kappa shape index (κ1) is 17.5. The Kier molecular flexibility index (Phi) is 4.84. The highest BCUT2D eigenvalue weighted by atomic mass is 35.5. The Morgan fingerprint density at radius 2 is 1.96 bits per heavy atom. The minimum absolute atomic E-state index is 0. The van der Waals surface area contributed by atoms with Crippen molar-refractivity contribution in [3.63, 3.8) is 0 Å². The number of H-pyrrole nitrogens is 1. The number of hydrogen-bond donors (Lipinski definition) is 3. The maximum absolute atomic E-state index is 12.7. The van der Waals surface area contributed by atoms with Gasteiger partial charge in [-0.05, 0) is 49.7 Å². The number of rotatable bonds is 3. The van der Waals surface area contributed by atoms with Crippen molar-refractivity contribution >= 4 is 29.2 Å². The van der Waals surface area contributed by atoms with Crippen molar-refractivity contribution < 1.29 is 4.79 Å². The molecule has 0 unspecified atom stereocenters. The molecule has 3 aromatic rings. The van der Waals surface area contributed by atoms with Gasteiger partial charge in [0.1, 0.15) is 5.69 Å². The predicted molar refractivity (Wildman–Crippen MR) is 103 cm³/mol. The first-order valence-electron chi connectivity index (χ1n) is 8.31. The van der Waals surface area contributed by atoms with E-state index < -0.39 is 0 Å². The number of amides is 1. The maximum Gasteiger partial charge on any atom is 0.268 e. The van der Waals surface area contributed by atoms with E-state index in [1.54, 1.807) is 0 Å². The summed E-state index contributed by atoms with van der Waals surface area (Å²) in [4.78, 5) is 15.9. The van der Waals surface area contributed by atoms with Gasteiger partial charge in [-0.1, -0.05) is 35.9 Å². The molecule has 2 atom stereocenters. The molecule has 1 aromatic heterocycles. The van der Waals surface area contributed by atoms with Crippen molar-refractivity contribution in [2.75, 3.05) is 7.05 Å². The molecule has 3 N–H and O–H groups in total. The molecule has 0 aliphatic heterocycles. The molecule has 0 fully saturated rings. The molecule has 2 aromatic carbocycles. The SMILES string of the molecule is CN[C@@H]1c2ccccc2C[C@H]1NC(=O)c1cc2cc(C)ccc2[nH]1.Cl. The van der Waals surface area contributed by atoms with Crippen LogP contribution < -0.4 is 10.6 Å². The van der Waals surface area contributed by atoms with Crippen LogP contribution in [0.1, 0.15) is 33.2 Å². The van der Waals surface area contributed by atoms with Gasteiger partial charge in [-0.25, -0.2) is 0 Å². The van der Waals surface area contributed by atoms with Crippen LogP contribution in [0.5, 0.6) is 0 Å². The number of halogens is 1. The molecular formula is C20H22ClN3O. The molecule has 0 saturated carbocycles. The Bertz CT molecular complexity index is 918. The maximum atomic E-state index is 12.7. The van der Waals surface area contributed by atoms with Crippen LogP contribution in [-0.2, 0) is 6.42 Å². The standard InChI is InChI=1S/C20H21N3O.ClH/c1-12-7-8-16-14(9-12)11-18(22-16)20(24)23-17-10-13-5-3-4-6-15(13)19(17)21-2;/h3-9,11,17,19,21-22H,10H2,1-2H3,(H,23,24);1H/t17-,19-;/m1./s1. The number of fused-ring (bicyclic) bond motifs is 2. The molecule has 1 aliphatic rings. The van der Waals surface area contributed by atoms with E-state index in [9.17, 15) is 4.79 Å². The Hall–Kier alpha value is -2.30. The number of carbonyl (C=O) groups is 1. The Morgan fingerprint density at radius 3 is 2.76 bits per heavy atom. The van der Waals surface area contributed by atoms with Crippen molar-refractivity contribution in [1.82, 2.24) is 15.6 Å². The molecule has 25 heavy (non-hydrogen) atoms. The lowest BCUT2D eigenvalue weighted by atomic mass is 10.1. The number of nitrogens with one attached hydrogen (secondary N) is 3. The lowest BCUT2D eigenvalue weighted by Gasteiger charge is -2.21. The van der Waals surface area contributed by atoms with Crippen molar-refractivity contribution in [2.45, 2.75) is 25.4 Å². The summed E-state index contributed by atoms with van der Waals surface area (Å²) in [6, 6.07) is 16.7. The Labute approximate surface area is 153 Å². The molecule has 0 saturated heterocycles. The summed E-state index contributed by atoms with van der Waals surface area (Å²) in [5.74, 6) is -0.0538. The normalized spacial score (nSPS) is 18.6. The van der Waals surface area contributed by atoms with Crippen LogP contribution in [-0.4, -0.2) is 24.0 Å².